The molecule has 6 heteroatoms. The van der Waals surface area contributed by atoms with Crippen molar-refractivity contribution in [3.05, 3.63) is 17.8 Å². The zero-order valence-corrected chi connectivity index (χ0v) is 12.6. The van der Waals surface area contributed by atoms with E-state index in [0.717, 1.165) is 32.6 Å². The summed E-state index contributed by atoms with van der Waals surface area (Å²) in [6.45, 7) is 6.75. The lowest BCUT2D eigenvalue weighted by atomic mass is 10.2. The van der Waals surface area contributed by atoms with Crippen LogP contribution in [-0.2, 0) is 0 Å². The summed E-state index contributed by atoms with van der Waals surface area (Å²) in [7, 11) is 0. The highest BCUT2D eigenvalue weighted by Crippen LogP contribution is 2.22. The van der Waals surface area contributed by atoms with Gasteiger partial charge in [-0.15, -0.1) is 10.2 Å². The van der Waals surface area contributed by atoms with Gasteiger partial charge in [0.2, 0.25) is 0 Å². The van der Waals surface area contributed by atoms with Crippen LogP contribution in [0.4, 0.5) is 5.82 Å². The minimum absolute atomic E-state index is 0.0132. The Morgan fingerprint density at radius 2 is 2.14 bits per heavy atom. The molecule has 3 heterocycles. The Balaban J connectivity index is 1.68. The fourth-order valence-electron chi connectivity index (χ4n) is 3.27. The van der Waals surface area contributed by atoms with Crippen LogP contribution in [0.1, 0.15) is 36.7 Å². The first-order chi connectivity index (χ1) is 10.3. The van der Waals surface area contributed by atoms with Gasteiger partial charge in [0.1, 0.15) is 5.82 Å². The van der Waals surface area contributed by atoms with Crippen molar-refractivity contribution in [2.75, 3.05) is 38.0 Å². The zero-order valence-electron chi connectivity index (χ0n) is 12.6. The number of rotatable bonds is 3. The molecule has 0 aliphatic carbocycles. The van der Waals surface area contributed by atoms with Crippen molar-refractivity contribution in [2.45, 2.75) is 32.2 Å². The molecule has 21 heavy (non-hydrogen) atoms. The molecule has 0 bridgehead atoms. The lowest BCUT2D eigenvalue weighted by molar-refractivity contribution is 0.0736. The van der Waals surface area contributed by atoms with E-state index in [1.165, 1.54) is 19.4 Å². The van der Waals surface area contributed by atoms with Crippen LogP contribution < -0.4 is 5.32 Å². The molecule has 0 aromatic carbocycles. The van der Waals surface area contributed by atoms with Gasteiger partial charge in [-0.05, 0) is 44.9 Å². The van der Waals surface area contributed by atoms with Crippen molar-refractivity contribution in [2.24, 2.45) is 0 Å². The lowest BCUT2D eigenvalue weighted by Gasteiger charge is -2.25. The second kappa shape index (κ2) is 6.39. The summed E-state index contributed by atoms with van der Waals surface area (Å²) in [5.41, 5.74) is 0.447. The van der Waals surface area contributed by atoms with E-state index in [1.54, 1.807) is 6.07 Å². The lowest BCUT2D eigenvalue weighted by Crippen LogP contribution is -2.40. The monoisotopic (exact) mass is 289 g/mol. The van der Waals surface area contributed by atoms with Crippen molar-refractivity contribution in [1.82, 2.24) is 20.0 Å². The zero-order chi connectivity index (χ0) is 14.7. The van der Waals surface area contributed by atoms with Gasteiger partial charge in [-0.1, -0.05) is 0 Å². The molecule has 1 unspecified atom stereocenters. The number of fused-ring (bicyclic) bond motifs is 1. The summed E-state index contributed by atoms with van der Waals surface area (Å²) in [6, 6.07) is 4.12. The fraction of sp³-hybridized carbons (Fsp3) is 0.667. The average Bonchev–Trinajstić information content (AvgIpc) is 2.85. The van der Waals surface area contributed by atoms with Crippen molar-refractivity contribution in [3.63, 3.8) is 0 Å². The van der Waals surface area contributed by atoms with Crippen molar-refractivity contribution in [3.8, 4) is 0 Å². The van der Waals surface area contributed by atoms with Crippen molar-refractivity contribution >= 4 is 11.7 Å². The van der Waals surface area contributed by atoms with E-state index >= 15 is 0 Å². The van der Waals surface area contributed by atoms with Crippen LogP contribution in [0.15, 0.2) is 12.1 Å². The number of nitrogens with one attached hydrogen (secondary N) is 1. The highest BCUT2D eigenvalue weighted by molar-refractivity contribution is 5.92. The standard InChI is InChI=1S/C15H23N5O/c1-2-16-14-7-6-13(17-18-14)15(21)20-10-4-9-19-8-3-5-12(19)11-20/h6-7,12H,2-5,8-11H2,1H3,(H,16,18). The van der Waals surface area contributed by atoms with Crippen LogP contribution in [0.2, 0.25) is 0 Å². The number of amides is 1. The number of carbonyl (C=O) groups is 1. The maximum absolute atomic E-state index is 12.6. The first-order valence-electron chi connectivity index (χ1n) is 7.89. The van der Waals surface area contributed by atoms with Crippen molar-refractivity contribution in [1.29, 1.82) is 0 Å². The van der Waals surface area contributed by atoms with E-state index in [-0.39, 0.29) is 5.91 Å². The van der Waals surface area contributed by atoms with Gasteiger partial charge in [-0.25, -0.2) is 0 Å². The molecule has 2 fully saturated rings. The number of hydrogen-bond donors (Lipinski definition) is 1. The number of nitrogens with zero attached hydrogens (tertiary/aromatic N) is 4. The Morgan fingerprint density at radius 1 is 1.29 bits per heavy atom. The average molecular weight is 289 g/mol. The second-order valence-electron chi connectivity index (χ2n) is 5.77. The Labute approximate surface area is 125 Å². The third kappa shape index (κ3) is 3.15. The van der Waals surface area contributed by atoms with Crippen LogP contribution in [0, 0.1) is 0 Å². The smallest absolute Gasteiger partial charge is 0.274 e. The Bertz CT molecular complexity index is 489. The summed E-state index contributed by atoms with van der Waals surface area (Å²) in [6.07, 6.45) is 3.50. The van der Waals surface area contributed by atoms with Crippen LogP contribution in [-0.4, -0.2) is 64.7 Å². The Kier molecular flexibility index (Phi) is 4.34. The number of aromatic nitrogens is 2. The van der Waals surface area contributed by atoms with Crippen LogP contribution in [0.25, 0.3) is 0 Å². The summed E-state index contributed by atoms with van der Waals surface area (Å²) >= 11 is 0. The molecule has 1 amide bonds. The van der Waals surface area contributed by atoms with Gasteiger partial charge in [0.05, 0.1) is 0 Å². The van der Waals surface area contributed by atoms with Gasteiger partial charge < -0.3 is 10.2 Å². The molecule has 2 saturated heterocycles. The Morgan fingerprint density at radius 3 is 2.90 bits per heavy atom. The molecule has 2 aliphatic heterocycles. The normalized spacial score (nSPS) is 22.7. The summed E-state index contributed by atoms with van der Waals surface area (Å²) in [5, 5.41) is 11.2. The maximum atomic E-state index is 12.6. The van der Waals surface area contributed by atoms with Crippen molar-refractivity contribution < 1.29 is 4.79 Å². The molecule has 3 rings (SSSR count). The predicted octanol–water partition coefficient (Wildman–Crippen LogP) is 1.22. The van der Waals surface area contributed by atoms with E-state index in [0.29, 0.717) is 17.6 Å². The SMILES string of the molecule is CCNc1ccc(C(=O)N2CCCN3CCCC3C2)nn1. The maximum Gasteiger partial charge on any atom is 0.274 e. The van der Waals surface area contributed by atoms with E-state index in [9.17, 15) is 4.79 Å². The van der Waals surface area contributed by atoms with E-state index in [2.05, 4.69) is 20.4 Å². The van der Waals surface area contributed by atoms with E-state index in [4.69, 9.17) is 0 Å². The first-order valence-corrected chi connectivity index (χ1v) is 7.89. The molecule has 1 atom stereocenters. The molecule has 6 nitrogen and oxygen atoms in total. The van der Waals surface area contributed by atoms with Gasteiger partial charge in [0, 0.05) is 32.2 Å². The number of hydrogen-bond acceptors (Lipinski definition) is 5. The van der Waals surface area contributed by atoms with Gasteiger partial charge in [0.25, 0.3) is 5.91 Å². The van der Waals surface area contributed by atoms with Crippen LogP contribution in [0.3, 0.4) is 0 Å². The van der Waals surface area contributed by atoms with Gasteiger partial charge in [-0.3, -0.25) is 9.69 Å². The molecular formula is C15H23N5O. The largest absolute Gasteiger partial charge is 0.369 e. The predicted molar refractivity (Wildman–Crippen MR) is 81.3 cm³/mol. The quantitative estimate of drug-likeness (QED) is 0.906. The van der Waals surface area contributed by atoms with Gasteiger partial charge >= 0.3 is 0 Å². The molecule has 0 radical (unpaired) electrons. The molecule has 1 aromatic heterocycles. The molecule has 1 aromatic rings. The summed E-state index contributed by atoms with van der Waals surface area (Å²) in [5.74, 6) is 0.728. The van der Waals surface area contributed by atoms with Crippen LogP contribution in [0.5, 0.6) is 0 Å². The molecule has 114 valence electrons. The van der Waals surface area contributed by atoms with E-state index in [1.807, 2.05) is 17.9 Å². The second-order valence-corrected chi connectivity index (χ2v) is 5.77. The van der Waals surface area contributed by atoms with Crippen LogP contribution >= 0.6 is 0 Å². The topological polar surface area (TPSA) is 61.4 Å². The van der Waals surface area contributed by atoms with Gasteiger partial charge in [-0.2, -0.15) is 0 Å². The third-order valence-corrected chi connectivity index (χ3v) is 4.33. The first kappa shape index (κ1) is 14.3. The molecule has 2 aliphatic rings. The summed E-state index contributed by atoms with van der Waals surface area (Å²) in [4.78, 5) is 17.1. The molecular weight excluding hydrogens is 266 g/mol. The molecule has 1 N–H and O–H groups in total. The number of carbonyl (C=O) groups excluding carboxylic acids is 1. The number of anilines is 1. The third-order valence-electron chi connectivity index (χ3n) is 4.33. The van der Waals surface area contributed by atoms with E-state index < -0.39 is 0 Å². The molecule has 0 saturated carbocycles. The highest BCUT2D eigenvalue weighted by Gasteiger charge is 2.31. The highest BCUT2D eigenvalue weighted by atomic mass is 16.2. The molecule has 0 spiro atoms. The van der Waals surface area contributed by atoms with Gasteiger partial charge in [0.15, 0.2) is 5.69 Å². The minimum atomic E-state index is 0.0132. The Hall–Kier alpha value is -1.69. The summed E-state index contributed by atoms with van der Waals surface area (Å²) < 4.78 is 0. The minimum Gasteiger partial charge on any atom is -0.369 e. The fourth-order valence-corrected chi connectivity index (χ4v) is 3.27.